The van der Waals surface area contributed by atoms with Crippen LogP contribution in [0.2, 0.25) is 0 Å². The van der Waals surface area contributed by atoms with E-state index in [1.54, 1.807) is 11.8 Å². The van der Waals surface area contributed by atoms with Crippen molar-refractivity contribution >= 4 is 0 Å². The average molecular weight is 536 g/mol. The summed E-state index contributed by atoms with van der Waals surface area (Å²) in [4.78, 5) is 5.90. The third-order valence-electron chi connectivity index (χ3n) is 7.12. The van der Waals surface area contributed by atoms with E-state index in [-0.39, 0.29) is 18.5 Å². The van der Waals surface area contributed by atoms with Crippen molar-refractivity contribution in [3.63, 3.8) is 0 Å². The molecule has 0 saturated carbocycles. The van der Waals surface area contributed by atoms with Gasteiger partial charge in [0, 0.05) is 51.3 Å². The number of β-amino-alcohol motifs (C(OH)–C–C–N with tert-alkyl or cyclic N) is 1. The van der Waals surface area contributed by atoms with Crippen LogP contribution in [0.25, 0.3) is 0 Å². The predicted octanol–water partition coefficient (Wildman–Crippen LogP) is 4.15. The van der Waals surface area contributed by atoms with E-state index in [9.17, 15) is 23.4 Å². The van der Waals surface area contributed by atoms with Crippen LogP contribution in [0.1, 0.15) is 20.3 Å². The van der Waals surface area contributed by atoms with Gasteiger partial charge < -0.3 is 14.9 Å². The minimum atomic E-state index is -4.47. The monoisotopic (exact) mass is 535 g/mol. The maximum Gasteiger partial charge on any atom is 0.416 e. The lowest BCUT2D eigenvalue weighted by Gasteiger charge is -2.52. The normalized spacial score (nSPS) is 31.2. The van der Waals surface area contributed by atoms with Gasteiger partial charge >= 0.3 is 6.18 Å². The molecule has 3 rings (SSSR count). The van der Waals surface area contributed by atoms with E-state index in [4.69, 9.17) is 4.74 Å². The number of hydrogen-bond donors (Lipinski definition) is 2. The molecule has 0 aromatic rings. The zero-order chi connectivity index (χ0) is 27.9. The highest BCUT2D eigenvalue weighted by molar-refractivity contribution is 5.42. The van der Waals surface area contributed by atoms with E-state index in [0.29, 0.717) is 39.3 Å². The van der Waals surface area contributed by atoms with Crippen molar-refractivity contribution in [2.24, 2.45) is 5.92 Å². The van der Waals surface area contributed by atoms with Crippen LogP contribution >= 0.6 is 0 Å². The van der Waals surface area contributed by atoms with Crippen molar-refractivity contribution in [2.75, 3.05) is 45.9 Å². The Morgan fingerprint density at radius 2 is 2.00 bits per heavy atom. The van der Waals surface area contributed by atoms with Crippen molar-refractivity contribution in [3.05, 3.63) is 84.2 Å². The SMILES string of the molecule is C=C/C=C(\C=C/C(C)CN1CC(O)N2CCN(C/C3=C(\CC)OC/C=C\C=C/C3=C)CC2C1O)C(F)(F)F. The lowest BCUT2D eigenvalue weighted by molar-refractivity contribution is -0.190. The third kappa shape index (κ3) is 7.80. The summed E-state index contributed by atoms with van der Waals surface area (Å²) in [5, 5.41) is 22.1. The molecule has 38 heavy (non-hydrogen) atoms. The van der Waals surface area contributed by atoms with Gasteiger partial charge in [-0.1, -0.05) is 69.5 Å². The standard InChI is InChI=1S/C29H40F3N3O3/c1-5-10-23(29(30,31)32)13-12-21(3)17-34-20-27(36)35-15-14-33(19-25(35)28(34)37)18-24-22(4)11-8-7-9-16-38-26(24)6-2/h5,7-13,21,25,27-28,36-37H,1,4,6,14-20H2,2-3H3/b9-7-,11-8-,13-12-,23-10+,26-24-. The lowest BCUT2D eigenvalue weighted by atomic mass is 10.00. The molecule has 2 fully saturated rings. The molecule has 0 aromatic carbocycles. The van der Waals surface area contributed by atoms with E-state index in [0.717, 1.165) is 41.6 Å². The zero-order valence-corrected chi connectivity index (χ0v) is 22.3. The molecular weight excluding hydrogens is 495 g/mol. The third-order valence-corrected chi connectivity index (χ3v) is 7.12. The van der Waals surface area contributed by atoms with E-state index in [2.05, 4.69) is 18.1 Å². The number of piperazine rings is 2. The fraction of sp³-hybridized carbons (Fsp3) is 0.517. The van der Waals surface area contributed by atoms with Crippen LogP contribution < -0.4 is 0 Å². The van der Waals surface area contributed by atoms with E-state index >= 15 is 0 Å². The number of hydrogen-bond acceptors (Lipinski definition) is 6. The summed E-state index contributed by atoms with van der Waals surface area (Å²) in [7, 11) is 0. The van der Waals surface area contributed by atoms with Gasteiger partial charge in [-0.2, -0.15) is 13.2 Å². The minimum absolute atomic E-state index is 0.220. The molecule has 0 bridgehead atoms. The van der Waals surface area contributed by atoms with E-state index in [1.807, 2.05) is 36.1 Å². The van der Waals surface area contributed by atoms with E-state index < -0.39 is 24.2 Å². The van der Waals surface area contributed by atoms with E-state index in [1.165, 1.54) is 6.08 Å². The van der Waals surface area contributed by atoms with Gasteiger partial charge in [-0.05, 0) is 17.6 Å². The number of aliphatic hydroxyl groups excluding tert-OH is 2. The highest BCUT2D eigenvalue weighted by Crippen LogP contribution is 2.29. The molecule has 0 radical (unpaired) electrons. The van der Waals surface area contributed by atoms with Crippen LogP contribution in [-0.4, -0.2) is 95.5 Å². The van der Waals surface area contributed by atoms with Gasteiger partial charge in [0.15, 0.2) is 0 Å². The Hall–Kier alpha value is -2.43. The first kappa shape index (κ1) is 30.1. The van der Waals surface area contributed by atoms with Crippen LogP contribution in [0.5, 0.6) is 0 Å². The molecular formula is C29H40F3N3O3. The zero-order valence-electron chi connectivity index (χ0n) is 22.3. The Balaban J connectivity index is 1.70. The minimum Gasteiger partial charge on any atom is -0.494 e. The Bertz CT molecular complexity index is 999. The summed E-state index contributed by atoms with van der Waals surface area (Å²) < 4.78 is 45.5. The maximum atomic E-state index is 13.2. The van der Waals surface area contributed by atoms with Crippen molar-refractivity contribution in [1.82, 2.24) is 14.7 Å². The van der Waals surface area contributed by atoms with Gasteiger partial charge in [-0.15, -0.1) is 0 Å². The van der Waals surface area contributed by atoms with Crippen LogP contribution in [0.3, 0.4) is 0 Å². The number of rotatable bonds is 8. The molecule has 3 aliphatic heterocycles. The van der Waals surface area contributed by atoms with Gasteiger partial charge in [0.1, 0.15) is 24.8 Å². The number of nitrogens with zero attached hydrogens (tertiary/aromatic N) is 3. The largest absolute Gasteiger partial charge is 0.494 e. The maximum absolute atomic E-state index is 13.2. The van der Waals surface area contributed by atoms with Crippen LogP contribution in [0.15, 0.2) is 84.2 Å². The quantitative estimate of drug-likeness (QED) is 0.456. The molecule has 2 saturated heterocycles. The number of allylic oxidation sites excluding steroid dienone is 8. The smallest absolute Gasteiger partial charge is 0.416 e. The second-order valence-corrected chi connectivity index (χ2v) is 9.96. The second kappa shape index (κ2) is 13.6. The molecule has 3 heterocycles. The summed E-state index contributed by atoms with van der Waals surface area (Å²) in [6, 6.07) is -0.344. The van der Waals surface area contributed by atoms with Crippen molar-refractivity contribution < 1.29 is 28.1 Å². The van der Waals surface area contributed by atoms with Gasteiger partial charge in [-0.25, -0.2) is 0 Å². The summed E-state index contributed by atoms with van der Waals surface area (Å²) in [6.07, 6.45) is 6.99. The molecule has 6 nitrogen and oxygen atoms in total. The van der Waals surface area contributed by atoms with Crippen molar-refractivity contribution in [1.29, 1.82) is 0 Å². The number of halogens is 3. The number of fused-ring (bicyclic) bond motifs is 1. The molecule has 2 N–H and O–H groups in total. The van der Waals surface area contributed by atoms with Gasteiger partial charge in [0.2, 0.25) is 0 Å². The first-order chi connectivity index (χ1) is 18.0. The Kier molecular flexibility index (Phi) is 10.8. The van der Waals surface area contributed by atoms with Crippen LogP contribution in [0, 0.1) is 5.92 Å². The number of alkyl halides is 3. The molecule has 0 aromatic heterocycles. The Labute approximate surface area is 224 Å². The van der Waals surface area contributed by atoms with Gasteiger partial charge in [0.05, 0.1) is 11.6 Å². The molecule has 4 unspecified atom stereocenters. The van der Waals surface area contributed by atoms with Crippen molar-refractivity contribution in [2.45, 2.75) is 44.9 Å². The summed E-state index contributed by atoms with van der Waals surface area (Å²) in [6.45, 7) is 14.9. The Morgan fingerprint density at radius 3 is 2.68 bits per heavy atom. The summed E-state index contributed by atoms with van der Waals surface area (Å²) in [5.41, 5.74) is 1.12. The predicted molar refractivity (Wildman–Crippen MR) is 144 cm³/mol. The summed E-state index contributed by atoms with van der Waals surface area (Å²) >= 11 is 0. The molecule has 3 aliphatic rings. The lowest BCUT2D eigenvalue weighted by Crippen LogP contribution is -2.70. The van der Waals surface area contributed by atoms with Gasteiger partial charge in [0.25, 0.3) is 0 Å². The van der Waals surface area contributed by atoms with Gasteiger partial charge in [-0.3, -0.25) is 14.7 Å². The summed E-state index contributed by atoms with van der Waals surface area (Å²) in [5.74, 6) is 0.611. The van der Waals surface area contributed by atoms with Crippen LogP contribution in [-0.2, 0) is 4.74 Å². The molecule has 9 heteroatoms. The second-order valence-electron chi connectivity index (χ2n) is 9.96. The fourth-order valence-corrected chi connectivity index (χ4v) is 5.13. The average Bonchev–Trinajstić information content (AvgIpc) is 2.95. The first-order valence-corrected chi connectivity index (χ1v) is 13.1. The molecule has 0 aliphatic carbocycles. The number of ether oxygens (including phenoxy) is 1. The molecule has 0 amide bonds. The Morgan fingerprint density at radius 1 is 1.24 bits per heavy atom. The highest BCUT2D eigenvalue weighted by atomic mass is 19.4. The van der Waals surface area contributed by atoms with Crippen LogP contribution in [0.4, 0.5) is 13.2 Å². The molecule has 210 valence electrons. The number of aliphatic hydroxyl groups is 2. The molecule has 0 spiro atoms. The fourth-order valence-electron chi connectivity index (χ4n) is 5.13. The first-order valence-electron chi connectivity index (χ1n) is 13.1. The van der Waals surface area contributed by atoms with Crippen molar-refractivity contribution in [3.8, 4) is 0 Å². The topological polar surface area (TPSA) is 59.4 Å². The highest BCUT2D eigenvalue weighted by Gasteiger charge is 2.43. The molecule has 4 atom stereocenters.